The van der Waals surface area contributed by atoms with E-state index in [4.69, 9.17) is 0 Å². The molecule has 3 heterocycles. The summed E-state index contributed by atoms with van der Waals surface area (Å²) in [7, 11) is 0. The molecule has 1 N–H and O–H groups in total. The van der Waals surface area contributed by atoms with Crippen molar-refractivity contribution in [2.75, 3.05) is 13.1 Å². The van der Waals surface area contributed by atoms with E-state index >= 15 is 0 Å². The summed E-state index contributed by atoms with van der Waals surface area (Å²) >= 11 is 0. The zero-order chi connectivity index (χ0) is 18.5. The van der Waals surface area contributed by atoms with Gasteiger partial charge in [0.15, 0.2) is 0 Å². The van der Waals surface area contributed by atoms with E-state index in [0.29, 0.717) is 12.0 Å². The maximum atomic E-state index is 12.6. The predicted octanol–water partition coefficient (Wildman–Crippen LogP) is 3.55. The number of amides is 2. The Kier molecular flexibility index (Phi) is 5.70. The molecule has 2 fully saturated rings. The molecule has 0 bridgehead atoms. The lowest BCUT2D eigenvalue weighted by molar-refractivity contribution is 0.173. The lowest BCUT2D eigenvalue weighted by Gasteiger charge is -2.34. The molecule has 1 aliphatic heterocycles. The molecule has 2 amide bonds. The first-order valence-corrected chi connectivity index (χ1v) is 10.2. The van der Waals surface area contributed by atoms with Crippen molar-refractivity contribution < 1.29 is 4.79 Å². The Morgan fingerprint density at radius 3 is 2.52 bits per heavy atom. The van der Waals surface area contributed by atoms with Gasteiger partial charge in [-0.2, -0.15) is 0 Å². The summed E-state index contributed by atoms with van der Waals surface area (Å²) in [5.41, 5.74) is 1.23. The molecule has 2 aliphatic rings. The van der Waals surface area contributed by atoms with E-state index in [0.717, 1.165) is 51.1 Å². The average molecular weight is 367 g/mol. The molecule has 4 rings (SSSR count). The van der Waals surface area contributed by atoms with Crippen LogP contribution in [0.5, 0.6) is 0 Å². The smallest absolute Gasteiger partial charge is 0.317 e. The molecule has 0 atom stereocenters. The standard InChI is InChI=1S/C21H29N5O/c27-21(24-19-4-2-1-3-5-19)25-13-8-18(9-14-25)20-23-12-15-26(20)16-17-6-10-22-11-7-17/h6-7,10-12,15,18-19H,1-5,8-9,13-14,16H2,(H,24,27). The van der Waals surface area contributed by atoms with Gasteiger partial charge >= 0.3 is 6.03 Å². The van der Waals surface area contributed by atoms with Gasteiger partial charge in [0.25, 0.3) is 0 Å². The highest BCUT2D eigenvalue weighted by molar-refractivity contribution is 5.74. The average Bonchev–Trinajstić information content (AvgIpc) is 3.18. The molecule has 0 unspecified atom stereocenters. The van der Waals surface area contributed by atoms with Crippen molar-refractivity contribution in [1.29, 1.82) is 0 Å². The number of hydrogen-bond donors (Lipinski definition) is 1. The van der Waals surface area contributed by atoms with Crippen molar-refractivity contribution in [3.05, 3.63) is 48.3 Å². The first-order chi connectivity index (χ1) is 13.3. The molecule has 2 aromatic heterocycles. The minimum atomic E-state index is 0.125. The normalized spacial score (nSPS) is 19.2. The number of carbonyl (C=O) groups is 1. The SMILES string of the molecule is O=C(NC1CCCCC1)N1CCC(c2nccn2Cc2ccncc2)CC1. The van der Waals surface area contributed by atoms with Crippen LogP contribution in [0, 0.1) is 0 Å². The molecule has 6 nitrogen and oxygen atoms in total. The van der Waals surface area contributed by atoms with Gasteiger partial charge in [-0.1, -0.05) is 19.3 Å². The van der Waals surface area contributed by atoms with Crippen molar-refractivity contribution in [3.63, 3.8) is 0 Å². The molecular formula is C21H29N5O. The largest absolute Gasteiger partial charge is 0.335 e. The van der Waals surface area contributed by atoms with Crippen LogP contribution in [0.25, 0.3) is 0 Å². The third-order valence-electron chi connectivity index (χ3n) is 5.93. The minimum Gasteiger partial charge on any atom is -0.335 e. The topological polar surface area (TPSA) is 63.1 Å². The molecular weight excluding hydrogens is 338 g/mol. The number of piperidine rings is 1. The molecule has 0 spiro atoms. The molecule has 0 radical (unpaired) electrons. The van der Waals surface area contributed by atoms with Crippen LogP contribution in [0.3, 0.4) is 0 Å². The van der Waals surface area contributed by atoms with Gasteiger partial charge in [0.2, 0.25) is 0 Å². The number of aromatic nitrogens is 3. The Bertz CT molecular complexity index is 730. The highest BCUT2D eigenvalue weighted by Gasteiger charge is 2.27. The van der Waals surface area contributed by atoms with E-state index in [1.165, 1.54) is 24.8 Å². The van der Waals surface area contributed by atoms with Crippen LogP contribution in [-0.2, 0) is 6.54 Å². The molecule has 2 aromatic rings. The number of nitrogens with one attached hydrogen (secondary N) is 1. The summed E-state index contributed by atoms with van der Waals surface area (Å²) in [5, 5.41) is 3.24. The Labute approximate surface area is 161 Å². The van der Waals surface area contributed by atoms with Gasteiger partial charge in [-0.25, -0.2) is 9.78 Å². The van der Waals surface area contributed by atoms with Crippen LogP contribution in [0.15, 0.2) is 36.9 Å². The van der Waals surface area contributed by atoms with Gasteiger partial charge < -0.3 is 14.8 Å². The van der Waals surface area contributed by atoms with E-state index < -0.39 is 0 Å². The van der Waals surface area contributed by atoms with Crippen LogP contribution in [0.2, 0.25) is 0 Å². The van der Waals surface area contributed by atoms with Crippen molar-refractivity contribution in [2.45, 2.75) is 63.5 Å². The number of rotatable bonds is 4. The van der Waals surface area contributed by atoms with E-state index in [-0.39, 0.29) is 6.03 Å². The van der Waals surface area contributed by atoms with E-state index in [9.17, 15) is 4.79 Å². The van der Waals surface area contributed by atoms with Gasteiger partial charge in [-0.15, -0.1) is 0 Å². The fraction of sp³-hybridized carbons (Fsp3) is 0.571. The Hall–Kier alpha value is -2.37. The maximum Gasteiger partial charge on any atom is 0.317 e. The Balaban J connectivity index is 1.32. The van der Waals surface area contributed by atoms with Gasteiger partial charge in [-0.3, -0.25) is 4.98 Å². The van der Waals surface area contributed by atoms with Crippen LogP contribution >= 0.6 is 0 Å². The second kappa shape index (κ2) is 8.55. The fourth-order valence-corrected chi connectivity index (χ4v) is 4.35. The van der Waals surface area contributed by atoms with Gasteiger partial charge in [0.1, 0.15) is 5.82 Å². The Morgan fingerprint density at radius 2 is 1.78 bits per heavy atom. The first kappa shape index (κ1) is 18.0. The molecule has 1 aliphatic carbocycles. The zero-order valence-electron chi connectivity index (χ0n) is 15.9. The number of urea groups is 1. The first-order valence-electron chi connectivity index (χ1n) is 10.2. The van der Waals surface area contributed by atoms with Crippen LogP contribution in [-0.4, -0.2) is 44.6 Å². The highest BCUT2D eigenvalue weighted by Crippen LogP contribution is 2.27. The molecule has 6 heteroatoms. The lowest BCUT2D eigenvalue weighted by atomic mass is 9.95. The fourth-order valence-electron chi connectivity index (χ4n) is 4.35. The summed E-state index contributed by atoms with van der Waals surface area (Å²) in [6, 6.07) is 4.59. The van der Waals surface area contributed by atoms with E-state index in [1.807, 2.05) is 35.6 Å². The maximum absolute atomic E-state index is 12.6. The zero-order valence-corrected chi connectivity index (χ0v) is 15.9. The predicted molar refractivity (Wildman–Crippen MR) is 105 cm³/mol. The summed E-state index contributed by atoms with van der Waals surface area (Å²) in [4.78, 5) is 23.3. The lowest BCUT2D eigenvalue weighted by Crippen LogP contribution is -2.48. The molecule has 1 saturated heterocycles. The van der Waals surface area contributed by atoms with Crippen molar-refractivity contribution in [3.8, 4) is 0 Å². The van der Waals surface area contributed by atoms with Crippen LogP contribution in [0.1, 0.15) is 62.3 Å². The quantitative estimate of drug-likeness (QED) is 0.899. The molecule has 1 saturated carbocycles. The van der Waals surface area contributed by atoms with E-state index in [2.05, 4.69) is 26.0 Å². The third-order valence-corrected chi connectivity index (χ3v) is 5.93. The highest BCUT2D eigenvalue weighted by atomic mass is 16.2. The van der Waals surface area contributed by atoms with Crippen molar-refractivity contribution >= 4 is 6.03 Å². The van der Waals surface area contributed by atoms with Crippen LogP contribution in [0.4, 0.5) is 4.79 Å². The minimum absolute atomic E-state index is 0.125. The number of pyridine rings is 1. The number of imidazole rings is 1. The summed E-state index contributed by atoms with van der Waals surface area (Å²) < 4.78 is 2.23. The molecule has 27 heavy (non-hydrogen) atoms. The molecule has 144 valence electrons. The number of hydrogen-bond acceptors (Lipinski definition) is 3. The monoisotopic (exact) mass is 367 g/mol. The van der Waals surface area contributed by atoms with Gasteiger partial charge in [0, 0.05) is 56.4 Å². The van der Waals surface area contributed by atoms with Crippen molar-refractivity contribution in [2.24, 2.45) is 0 Å². The number of nitrogens with zero attached hydrogens (tertiary/aromatic N) is 4. The third kappa shape index (κ3) is 4.49. The number of carbonyl (C=O) groups excluding carboxylic acids is 1. The second-order valence-electron chi connectivity index (χ2n) is 7.81. The summed E-state index contributed by atoms with van der Waals surface area (Å²) in [6.07, 6.45) is 15.6. The molecule has 0 aromatic carbocycles. The second-order valence-corrected chi connectivity index (χ2v) is 7.81. The number of likely N-dealkylation sites (tertiary alicyclic amines) is 1. The van der Waals surface area contributed by atoms with Gasteiger partial charge in [0.05, 0.1) is 0 Å². The summed E-state index contributed by atoms with van der Waals surface area (Å²) in [5.74, 6) is 1.56. The van der Waals surface area contributed by atoms with E-state index in [1.54, 1.807) is 0 Å². The summed E-state index contributed by atoms with van der Waals surface area (Å²) in [6.45, 7) is 2.44. The van der Waals surface area contributed by atoms with Crippen LogP contribution < -0.4 is 5.32 Å². The Morgan fingerprint density at radius 1 is 1.04 bits per heavy atom. The van der Waals surface area contributed by atoms with Crippen molar-refractivity contribution in [1.82, 2.24) is 24.8 Å². The van der Waals surface area contributed by atoms with Gasteiger partial charge in [-0.05, 0) is 43.4 Å².